The Balaban J connectivity index is 2.17. The molecule has 0 radical (unpaired) electrons. The fraction of sp³-hybridized carbons (Fsp3) is 0.0714. The van der Waals surface area contributed by atoms with Gasteiger partial charge in [0.1, 0.15) is 4.90 Å². The van der Waals surface area contributed by atoms with Crippen LogP contribution in [-0.4, -0.2) is 8.42 Å². The summed E-state index contributed by atoms with van der Waals surface area (Å²) in [6.07, 6.45) is 0. The summed E-state index contributed by atoms with van der Waals surface area (Å²) < 4.78 is 26.8. The molecule has 0 fully saturated rings. The molecule has 21 heavy (non-hydrogen) atoms. The quantitative estimate of drug-likeness (QED) is 0.844. The van der Waals surface area contributed by atoms with Crippen LogP contribution >= 0.6 is 11.6 Å². The molecule has 3 N–H and O–H groups in total. The van der Waals surface area contributed by atoms with Crippen molar-refractivity contribution in [1.29, 1.82) is 5.26 Å². The fourth-order valence-electron chi connectivity index (χ4n) is 1.69. The summed E-state index contributed by atoms with van der Waals surface area (Å²) in [6.45, 7) is 0.0972. The first-order chi connectivity index (χ1) is 9.92. The maximum atomic E-state index is 12.2. The van der Waals surface area contributed by atoms with E-state index in [9.17, 15) is 8.42 Å². The maximum Gasteiger partial charge on any atom is 0.242 e. The Labute approximate surface area is 128 Å². The highest BCUT2D eigenvalue weighted by Gasteiger charge is 2.17. The van der Waals surface area contributed by atoms with E-state index in [4.69, 9.17) is 22.6 Å². The maximum absolute atomic E-state index is 12.2. The summed E-state index contributed by atoms with van der Waals surface area (Å²) in [4.78, 5) is -0.0522. The molecular formula is C14H12ClN3O2S. The lowest BCUT2D eigenvalue weighted by atomic mass is 10.1. The molecule has 0 aliphatic rings. The van der Waals surface area contributed by atoms with Crippen molar-refractivity contribution in [3.63, 3.8) is 0 Å². The third kappa shape index (κ3) is 3.73. The molecule has 0 saturated carbocycles. The molecule has 0 unspecified atom stereocenters. The number of benzene rings is 2. The van der Waals surface area contributed by atoms with Crippen LogP contribution in [0.25, 0.3) is 0 Å². The van der Waals surface area contributed by atoms with Gasteiger partial charge in [-0.25, -0.2) is 13.1 Å². The third-order valence-corrected chi connectivity index (χ3v) is 4.51. The van der Waals surface area contributed by atoms with Crippen LogP contribution in [0.15, 0.2) is 47.4 Å². The number of hydrogen-bond donors (Lipinski definition) is 2. The number of halogens is 1. The van der Waals surface area contributed by atoms with Crippen LogP contribution in [0.3, 0.4) is 0 Å². The predicted octanol–water partition coefficient (Wildman–Crippen LogP) is 2.27. The SMILES string of the molecule is N#Cc1ccc(CNS(=O)(=O)c2cc(Cl)ccc2N)cc1. The Bertz CT molecular complexity index is 796. The van der Waals surface area contributed by atoms with Crippen molar-refractivity contribution in [2.75, 3.05) is 5.73 Å². The Kier molecular flexibility index (Phi) is 4.48. The van der Waals surface area contributed by atoms with E-state index in [0.717, 1.165) is 5.56 Å². The lowest BCUT2D eigenvalue weighted by molar-refractivity contribution is 0.582. The minimum absolute atomic E-state index is 0.0522. The van der Waals surface area contributed by atoms with Crippen molar-refractivity contribution in [2.45, 2.75) is 11.4 Å². The molecule has 2 aromatic rings. The Morgan fingerprint density at radius 2 is 1.86 bits per heavy atom. The van der Waals surface area contributed by atoms with Crippen LogP contribution in [0, 0.1) is 11.3 Å². The van der Waals surface area contributed by atoms with Crippen molar-refractivity contribution < 1.29 is 8.42 Å². The lowest BCUT2D eigenvalue weighted by Gasteiger charge is -2.09. The van der Waals surface area contributed by atoms with Gasteiger partial charge in [-0.05, 0) is 35.9 Å². The second-order valence-electron chi connectivity index (χ2n) is 4.32. The molecule has 0 atom stereocenters. The van der Waals surface area contributed by atoms with E-state index in [1.807, 2.05) is 6.07 Å². The third-order valence-electron chi connectivity index (χ3n) is 2.81. The first-order valence-electron chi connectivity index (χ1n) is 5.96. The number of hydrogen-bond acceptors (Lipinski definition) is 4. The van der Waals surface area contributed by atoms with E-state index in [0.29, 0.717) is 10.6 Å². The summed E-state index contributed by atoms with van der Waals surface area (Å²) in [5.74, 6) is 0. The highest BCUT2D eigenvalue weighted by Crippen LogP contribution is 2.22. The average Bonchev–Trinajstić information content (AvgIpc) is 2.48. The van der Waals surface area contributed by atoms with Crippen molar-refractivity contribution in [2.24, 2.45) is 0 Å². The highest BCUT2D eigenvalue weighted by molar-refractivity contribution is 7.89. The first-order valence-corrected chi connectivity index (χ1v) is 7.82. The largest absolute Gasteiger partial charge is 0.398 e. The van der Waals surface area contributed by atoms with Crippen LogP contribution < -0.4 is 10.5 Å². The van der Waals surface area contributed by atoms with Crippen LogP contribution in [0.5, 0.6) is 0 Å². The zero-order valence-electron chi connectivity index (χ0n) is 10.9. The zero-order valence-corrected chi connectivity index (χ0v) is 12.4. The summed E-state index contributed by atoms with van der Waals surface area (Å²) in [5.41, 5.74) is 7.05. The molecule has 0 heterocycles. The number of nitrogens with one attached hydrogen (secondary N) is 1. The fourth-order valence-corrected chi connectivity index (χ4v) is 3.10. The molecule has 0 amide bonds. The Morgan fingerprint density at radius 3 is 2.48 bits per heavy atom. The Morgan fingerprint density at radius 1 is 1.19 bits per heavy atom. The number of nitrogens with two attached hydrogens (primary N) is 1. The van der Waals surface area contributed by atoms with E-state index < -0.39 is 10.0 Å². The smallest absolute Gasteiger partial charge is 0.242 e. The van der Waals surface area contributed by atoms with Crippen LogP contribution in [0.2, 0.25) is 5.02 Å². The lowest BCUT2D eigenvalue weighted by Crippen LogP contribution is -2.24. The second kappa shape index (κ2) is 6.14. The average molecular weight is 322 g/mol. The highest BCUT2D eigenvalue weighted by atomic mass is 35.5. The van der Waals surface area contributed by atoms with Gasteiger partial charge in [-0.15, -0.1) is 0 Å². The monoisotopic (exact) mass is 321 g/mol. The molecule has 108 valence electrons. The number of nitriles is 1. The molecule has 5 nitrogen and oxygen atoms in total. The van der Waals surface area contributed by atoms with E-state index >= 15 is 0 Å². The van der Waals surface area contributed by atoms with Gasteiger partial charge in [0.25, 0.3) is 0 Å². The van der Waals surface area contributed by atoms with Crippen molar-refractivity contribution in [3.8, 4) is 6.07 Å². The molecule has 2 rings (SSSR count). The first kappa shape index (κ1) is 15.3. The Hall–Kier alpha value is -2.07. The molecule has 2 aromatic carbocycles. The van der Waals surface area contributed by atoms with Crippen LogP contribution in [0.4, 0.5) is 5.69 Å². The molecule has 0 aliphatic heterocycles. The van der Waals surface area contributed by atoms with Crippen molar-refractivity contribution in [3.05, 3.63) is 58.6 Å². The second-order valence-corrected chi connectivity index (χ2v) is 6.49. The molecule has 0 saturated heterocycles. The summed E-state index contributed by atoms with van der Waals surface area (Å²) in [7, 11) is -3.75. The molecule has 0 spiro atoms. The van der Waals surface area contributed by atoms with Gasteiger partial charge in [-0.3, -0.25) is 0 Å². The topological polar surface area (TPSA) is 96.0 Å². The summed E-state index contributed by atoms with van der Waals surface area (Å²) in [6, 6.07) is 12.9. The number of nitrogens with zero attached hydrogens (tertiary/aromatic N) is 1. The zero-order chi connectivity index (χ0) is 15.5. The minimum atomic E-state index is -3.75. The van der Waals surface area contributed by atoms with E-state index in [1.54, 1.807) is 24.3 Å². The van der Waals surface area contributed by atoms with Gasteiger partial charge in [0, 0.05) is 11.6 Å². The minimum Gasteiger partial charge on any atom is -0.398 e. The molecule has 7 heteroatoms. The van der Waals surface area contributed by atoms with Crippen LogP contribution in [-0.2, 0) is 16.6 Å². The number of anilines is 1. The molecule has 0 aromatic heterocycles. The van der Waals surface area contributed by atoms with Crippen molar-refractivity contribution >= 4 is 27.3 Å². The van der Waals surface area contributed by atoms with Gasteiger partial charge in [-0.1, -0.05) is 23.7 Å². The van der Waals surface area contributed by atoms with E-state index in [1.165, 1.54) is 18.2 Å². The van der Waals surface area contributed by atoms with E-state index in [-0.39, 0.29) is 17.1 Å². The van der Waals surface area contributed by atoms with Gasteiger partial charge in [0.15, 0.2) is 0 Å². The van der Waals surface area contributed by atoms with Gasteiger partial charge >= 0.3 is 0 Å². The van der Waals surface area contributed by atoms with Crippen molar-refractivity contribution in [1.82, 2.24) is 4.72 Å². The van der Waals surface area contributed by atoms with Gasteiger partial charge in [0.05, 0.1) is 17.3 Å². The predicted molar refractivity (Wildman–Crippen MR) is 81.0 cm³/mol. The van der Waals surface area contributed by atoms with E-state index in [2.05, 4.69) is 4.72 Å². The molecule has 0 aliphatic carbocycles. The summed E-state index contributed by atoms with van der Waals surface area (Å²) >= 11 is 5.80. The normalized spacial score (nSPS) is 11.0. The number of sulfonamides is 1. The van der Waals surface area contributed by atoms with Crippen LogP contribution in [0.1, 0.15) is 11.1 Å². The number of rotatable bonds is 4. The summed E-state index contributed by atoms with van der Waals surface area (Å²) in [5, 5.41) is 9.00. The van der Waals surface area contributed by atoms with Gasteiger partial charge in [0.2, 0.25) is 10.0 Å². The standard InChI is InChI=1S/C14H12ClN3O2S/c15-12-5-6-13(17)14(7-12)21(19,20)18-9-11-3-1-10(8-16)2-4-11/h1-7,18H,9,17H2. The molecule has 0 bridgehead atoms. The molecular weight excluding hydrogens is 310 g/mol. The number of nitrogen functional groups attached to an aromatic ring is 1. The van der Waals surface area contributed by atoms with Gasteiger partial charge < -0.3 is 5.73 Å². The van der Waals surface area contributed by atoms with Gasteiger partial charge in [-0.2, -0.15) is 5.26 Å².